The number of carbonyl (C=O) groups excluding carboxylic acids is 1. The zero-order valence-corrected chi connectivity index (χ0v) is 16.9. The molecule has 160 valence electrons. The molecule has 0 saturated carbocycles. The summed E-state index contributed by atoms with van der Waals surface area (Å²) in [5.74, 6) is 0.421. The molecule has 9 heteroatoms. The highest BCUT2D eigenvalue weighted by Crippen LogP contribution is 2.32. The predicted octanol–water partition coefficient (Wildman–Crippen LogP) is 3.42. The highest BCUT2D eigenvalue weighted by Gasteiger charge is 2.13. The standard InChI is InChI=1S/C22H23N5O3S/c23-21(28)24-16-3-1-15(2-4-16)18-14-27-19-6-5-17(13-20(19)31-22(27)25-18)30-12-9-26-7-10-29-11-8-26/h1-6,13-14H,7-12H2,(H3,23,24,28)/i7D2,8D2,10D2,11D2. The van der Waals surface area contributed by atoms with Crippen LogP contribution in [0.2, 0.25) is 0 Å². The Balaban J connectivity index is 1.32. The van der Waals surface area contributed by atoms with E-state index < -0.39 is 38.7 Å². The lowest BCUT2D eigenvalue weighted by atomic mass is 10.1. The van der Waals surface area contributed by atoms with E-state index in [9.17, 15) is 4.79 Å². The molecule has 1 aliphatic rings. The highest BCUT2D eigenvalue weighted by molar-refractivity contribution is 7.23. The SMILES string of the molecule is [2H]C1([2H])OC([2H])([2H])C([2H])([2H])N(CCOc2ccc3c(c2)sc2nc(-c4ccc(NC(N)=O)cc4)cn23)C1([2H])[2H]. The van der Waals surface area contributed by atoms with Crippen molar-refractivity contribution in [1.82, 2.24) is 14.3 Å². The third-order valence-corrected chi connectivity index (χ3v) is 5.58. The first-order valence-corrected chi connectivity index (χ1v) is 10.1. The van der Waals surface area contributed by atoms with Gasteiger partial charge in [0.05, 0.1) is 34.5 Å². The Morgan fingerprint density at radius 3 is 2.84 bits per heavy atom. The number of amides is 2. The number of hydrogen-bond acceptors (Lipinski definition) is 6. The average Bonchev–Trinajstić information content (AvgIpc) is 3.38. The van der Waals surface area contributed by atoms with Crippen LogP contribution in [0.1, 0.15) is 11.0 Å². The number of nitrogens with two attached hydrogens (primary N) is 1. The van der Waals surface area contributed by atoms with Crippen LogP contribution in [0.15, 0.2) is 48.7 Å². The Labute approximate surface area is 194 Å². The topological polar surface area (TPSA) is 94.1 Å². The minimum absolute atomic E-state index is 0.232. The van der Waals surface area contributed by atoms with E-state index in [1.165, 1.54) is 11.3 Å². The summed E-state index contributed by atoms with van der Waals surface area (Å²) in [4.78, 5) is 16.9. The third kappa shape index (κ3) is 4.34. The van der Waals surface area contributed by atoms with Crippen LogP contribution in [-0.4, -0.2) is 59.6 Å². The van der Waals surface area contributed by atoms with Crippen LogP contribution in [0.5, 0.6) is 5.75 Å². The lowest BCUT2D eigenvalue weighted by molar-refractivity contribution is 0.0322. The van der Waals surface area contributed by atoms with Crippen molar-refractivity contribution in [2.75, 3.05) is 44.6 Å². The molecule has 1 fully saturated rings. The molecule has 3 N–H and O–H groups in total. The maximum absolute atomic E-state index is 11.0. The van der Waals surface area contributed by atoms with Crippen LogP contribution in [-0.2, 0) is 4.74 Å². The summed E-state index contributed by atoms with van der Waals surface area (Å²) in [7, 11) is 0. The number of fused-ring (bicyclic) bond motifs is 3. The molecule has 5 rings (SSSR count). The minimum Gasteiger partial charge on any atom is -0.492 e. The van der Waals surface area contributed by atoms with Crippen molar-refractivity contribution in [2.45, 2.75) is 0 Å². The number of rotatable bonds is 6. The van der Waals surface area contributed by atoms with Crippen LogP contribution in [0.3, 0.4) is 0 Å². The highest BCUT2D eigenvalue weighted by atomic mass is 32.1. The normalized spacial score (nSPS) is 25.2. The molecule has 0 spiro atoms. The number of anilines is 1. The van der Waals surface area contributed by atoms with Crippen molar-refractivity contribution in [2.24, 2.45) is 5.73 Å². The molecular weight excluding hydrogens is 414 g/mol. The number of benzene rings is 2. The number of thiazole rings is 1. The number of morpholine rings is 1. The van der Waals surface area contributed by atoms with E-state index >= 15 is 0 Å². The van der Waals surface area contributed by atoms with Gasteiger partial charge in [0.1, 0.15) is 12.4 Å². The molecule has 8 nitrogen and oxygen atoms in total. The van der Waals surface area contributed by atoms with Gasteiger partial charge in [0, 0.05) is 42.5 Å². The van der Waals surface area contributed by atoms with Gasteiger partial charge in [-0.05, 0) is 30.3 Å². The number of carbonyl (C=O) groups is 1. The van der Waals surface area contributed by atoms with Crippen molar-refractivity contribution >= 4 is 38.2 Å². The Bertz CT molecular complexity index is 1530. The minimum atomic E-state index is -3.09. The number of ether oxygens (including phenoxy) is 2. The van der Waals surface area contributed by atoms with Gasteiger partial charge in [-0.15, -0.1) is 0 Å². The lowest BCUT2D eigenvalue weighted by Gasteiger charge is -2.26. The van der Waals surface area contributed by atoms with Crippen molar-refractivity contribution in [3.63, 3.8) is 0 Å². The molecule has 0 atom stereocenters. The first-order valence-electron chi connectivity index (χ1n) is 13.3. The van der Waals surface area contributed by atoms with Crippen molar-refractivity contribution in [1.29, 1.82) is 0 Å². The molecule has 2 amide bonds. The van der Waals surface area contributed by atoms with Gasteiger partial charge >= 0.3 is 6.03 Å². The van der Waals surface area contributed by atoms with Gasteiger partial charge in [0.15, 0.2) is 4.96 Å². The molecule has 0 radical (unpaired) electrons. The molecule has 2 aromatic carbocycles. The van der Waals surface area contributed by atoms with Gasteiger partial charge in [0.25, 0.3) is 0 Å². The molecule has 4 aromatic rings. The lowest BCUT2D eigenvalue weighted by Crippen LogP contribution is -2.38. The van der Waals surface area contributed by atoms with Gasteiger partial charge in [-0.1, -0.05) is 23.5 Å². The van der Waals surface area contributed by atoms with E-state index in [-0.39, 0.29) is 6.61 Å². The molecule has 3 heterocycles. The van der Waals surface area contributed by atoms with Crippen molar-refractivity contribution < 1.29 is 25.2 Å². The molecule has 2 aromatic heterocycles. The summed E-state index contributed by atoms with van der Waals surface area (Å²) in [6.45, 7) is -12.8. The molecule has 31 heavy (non-hydrogen) atoms. The third-order valence-electron chi connectivity index (χ3n) is 4.56. The van der Waals surface area contributed by atoms with Gasteiger partial charge in [-0.25, -0.2) is 9.78 Å². The predicted molar refractivity (Wildman–Crippen MR) is 122 cm³/mol. The molecular formula is C22H23N5O3S. The molecule has 1 saturated heterocycles. The van der Waals surface area contributed by atoms with Crippen molar-refractivity contribution in [3.8, 4) is 17.0 Å². The Kier molecular flexibility index (Phi) is 3.49. The Morgan fingerprint density at radius 1 is 1.26 bits per heavy atom. The van der Waals surface area contributed by atoms with E-state index in [1.54, 1.807) is 24.3 Å². The Morgan fingerprint density at radius 2 is 2.06 bits per heavy atom. The van der Waals surface area contributed by atoms with E-state index in [0.29, 0.717) is 16.3 Å². The second kappa shape index (κ2) is 8.54. The van der Waals surface area contributed by atoms with E-state index in [4.69, 9.17) is 21.4 Å². The summed E-state index contributed by atoms with van der Waals surface area (Å²) in [6, 6.07) is 11.7. The largest absolute Gasteiger partial charge is 0.492 e. The number of imidazole rings is 1. The van der Waals surface area contributed by atoms with Gasteiger partial charge in [0.2, 0.25) is 0 Å². The van der Waals surface area contributed by atoms with Gasteiger partial charge < -0.3 is 20.5 Å². The maximum Gasteiger partial charge on any atom is 0.316 e. The Hall–Kier alpha value is -3.14. The number of urea groups is 1. The van der Waals surface area contributed by atoms with Gasteiger partial charge in [-0.2, -0.15) is 0 Å². The molecule has 0 bridgehead atoms. The van der Waals surface area contributed by atoms with Crippen LogP contribution in [0, 0.1) is 0 Å². The first kappa shape index (κ1) is 12.7. The van der Waals surface area contributed by atoms with Crippen molar-refractivity contribution in [3.05, 3.63) is 48.7 Å². The molecule has 0 unspecified atom stereocenters. The molecule has 1 aliphatic heterocycles. The van der Waals surface area contributed by atoms with E-state index in [1.807, 2.05) is 28.8 Å². The van der Waals surface area contributed by atoms with Crippen LogP contribution < -0.4 is 15.8 Å². The quantitative estimate of drug-likeness (QED) is 0.474. The second-order valence-corrected chi connectivity index (χ2v) is 7.62. The first-order chi connectivity index (χ1) is 18.1. The van der Waals surface area contributed by atoms with E-state index in [0.717, 1.165) is 26.4 Å². The maximum atomic E-state index is 11.0. The number of hydrogen-bond donors (Lipinski definition) is 2. The average molecular weight is 446 g/mol. The van der Waals surface area contributed by atoms with Crippen LogP contribution >= 0.6 is 11.3 Å². The zero-order valence-electron chi connectivity index (χ0n) is 24.1. The second-order valence-electron chi connectivity index (χ2n) is 6.61. The number of nitrogens with one attached hydrogen (secondary N) is 1. The van der Waals surface area contributed by atoms with E-state index in [2.05, 4.69) is 15.0 Å². The fourth-order valence-corrected chi connectivity index (χ4v) is 4.19. The number of aromatic nitrogens is 2. The molecule has 0 aliphatic carbocycles. The fraction of sp³-hybridized carbons (Fsp3) is 0.273. The summed E-state index contributed by atoms with van der Waals surface area (Å²) < 4.78 is 76.4. The van der Waals surface area contributed by atoms with Gasteiger partial charge in [-0.3, -0.25) is 9.30 Å². The fourth-order valence-electron chi connectivity index (χ4n) is 3.15. The summed E-state index contributed by atoms with van der Waals surface area (Å²) in [6.07, 6.45) is 1.88. The zero-order chi connectivity index (χ0) is 28.4. The summed E-state index contributed by atoms with van der Waals surface area (Å²) >= 11 is 1.42. The monoisotopic (exact) mass is 445 g/mol. The number of primary amides is 1. The summed E-state index contributed by atoms with van der Waals surface area (Å²) in [5, 5.41) is 2.51. The van der Waals surface area contributed by atoms with Crippen LogP contribution in [0.4, 0.5) is 10.5 Å². The summed E-state index contributed by atoms with van der Waals surface area (Å²) in [5.41, 5.74) is 8.17. The smallest absolute Gasteiger partial charge is 0.316 e. The number of nitrogens with zero attached hydrogens (tertiary/aromatic N) is 3. The van der Waals surface area contributed by atoms with Crippen LogP contribution in [0.25, 0.3) is 26.4 Å².